The lowest BCUT2D eigenvalue weighted by molar-refractivity contribution is 0.102. The number of ketones is 1. The van der Waals surface area contributed by atoms with Gasteiger partial charge in [-0.1, -0.05) is 17.3 Å². The highest BCUT2D eigenvalue weighted by Crippen LogP contribution is 2.20. The van der Waals surface area contributed by atoms with E-state index in [2.05, 4.69) is 10.1 Å². The van der Waals surface area contributed by atoms with Crippen LogP contribution >= 0.6 is 0 Å². The van der Waals surface area contributed by atoms with Crippen LogP contribution in [0.25, 0.3) is 11.0 Å². The number of benzene rings is 1. The Morgan fingerprint density at radius 1 is 1.22 bits per heavy atom. The molecule has 0 saturated heterocycles. The molecule has 2 heterocycles. The summed E-state index contributed by atoms with van der Waals surface area (Å²) in [5.74, 6) is -0.299. The van der Waals surface area contributed by atoms with E-state index in [1.165, 1.54) is 12.3 Å². The minimum Gasteiger partial charge on any atom is -0.399 e. The topological polar surface area (TPSA) is 82.0 Å². The molecule has 88 valence electrons. The van der Waals surface area contributed by atoms with Gasteiger partial charge in [0.15, 0.2) is 11.3 Å². The third-order valence-corrected chi connectivity index (χ3v) is 2.61. The van der Waals surface area contributed by atoms with Crippen LogP contribution in [-0.4, -0.2) is 15.9 Å². The predicted molar refractivity (Wildman–Crippen MR) is 66.1 cm³/mol. The number of aromatic nitrogens is 2. The fourth-order valence-electron chi connectivity index (χ4n) is 1.74. The molecule has 0 aliphatic rings. The molecule has 3 aromatic rings. The van der Waals surface area contributed by atoms with Crippen molar-refractivity contribution in [3.63, 3.8) is 0 Å². The van der Waals surface area contributed by atoms with E-state index < -0.39 is 0 Å². The normalized spacial score (nSPS) is 10.7. The second kappa shape index (κ2) is 3.96. The molecule has 0 aliphatic heterocycles. The summed E-state index contributed by atoms with van der Waals surface area (Å²) in [5, 5.41) is 4.47. The molecule has 0 fully saturated rings. The Labute approximate surface area is 102 Å². The lowest BCUT2D eigenvalue weighted by atomic mass is 10.1. The average Bonchev–Trinajstić information content (AvgIpc) is 2.82. The van der Waals surface area contributed by atoms with Crippen LogP contribution in [0.4, 0.5) is 5.69 Å². The van der Waals surface area contributed by atoms with Gasteiger partial charge in [-0.2, -0.15) is 0 Å². The van der Waals surface area contributed by atoms with E-state index in [0.29, 0.717) is 16.7 Å². The van der Waals surface area contributed by atoms with E-state index in [9.17, 15) is 4.79 Å². The maximum absolute atomic E-state index is 12.2. The van der Waals surface area contributed by atoms with Crippen LogP contribution < -0.4 is 5.73 Å². The maximum atomic E-state index is 12.2. The molecule has 1 aromatic carbocycles. The number of anilines is 1. The van der Waals surface area contributed by atoms with Crippen molar-refractivity contribution in [2.24, 2.45) is 0 Å². The molecule has 0 spiro atoms. The maximum Gasteiger partial charge on any atom is 0.233 e. The average molecular weight is 239 g/mol. The van der Waals surface area contributed by atoms with Crippen LogP contribution in [0.2, 0.25) is 0 Å². The van der Waals surface area contributed by atoms with E-state index in [4.69, 9.17) is 10.3 Å². The number of nitrogen functional groups attached to an aromatic ring is 1. The molecule has 0 bridgehead atoms. The van der Waals surface area contributed by atoms with Crippen molar-refractivity contribution in [3.8, 4) is 0 Å². The first-order chi connectivity index (χ1) is 8.75. The molecule has 0 radical (unpaired) electrons. The molecular formula is C13H9N3O2. The van der Waals surface area contributed by atoms with Gasteiger partial charge in [-0.15, -0.1) is 0 Å². The lowest BCUT2D eigenvalue weighted by Gasteiger charge is -1.97. The molecular weight excluding hydrogens is 230 g/mol. The van der Waals surface area contributed by atoms with E-state index in [1.807, 2.05) is 12.1 Å². The zero-order valence-corrected chi connectivity index (χ0v) is 9.33. The summed E-state index contributed by atoms with van der Waals surface area (Å²) in [4.78, 5) is 16.2. The van der Waals surface area contributed by atoms with Crippen LogP contribution in [0.15, 0.2) is 47.1 Å². The first-order valence-corrected chi connectivity index (χ1v) is 5.36. The number of hydrogen-bond donors (Lipinski definition) is 1. The van der Waals surface area contributed by atoms with Crippen molar-refractivity contribution in [1.29, 1.82) is 0 Å². The van der Waals surface area contributed by atoms with Crippen LogP contribution in [0, 0.1) is 0 Å². The fraction of sp³-hybridized carbons (Fsp3) is 0. The van der Waals surface area contributed by atoms with Gasteiger partial charge in [0, 0.05) is 11.9 Å². The van der Waals surface area contributed by atoms with Gasteiger partial charge in [0.05, 0.1) is 5.39 Å². The number of pyridine rings is 1. The number of carbonyl (C=O) groups excluding carboxylic acids is 1. The smallest absolute Gasteiger partial charge is 0.233 e. The Bertz CT molecular complexity index is 734. The van der Waals surface area contributed by atoms with Crippen molar-refractivity contribution >= 4 is 22.4 Å². The predicted octanol–water partition coefficient (Wildman–Crippen LogP) is 2.04. The van der Waals surface area contributed by atoms with Crippen molar-refractivity contribution in [2.45, 2.75) is 0 Å². The Kier molecular flexibility index (Phi) is 2.30. The van der Waals surface area contributed by atoms with Crippen LogP contribution in [-0.2, 0) is 0 Å². The summed E-state index contributed by atoms with van der Waals surface area (Å²) in [6.45, 7) is 0. The lowest BCUT2D eigenvalue weighted by Crippen LogP contribution is -2.05. The number of nitrogens with zero attached hydrogens (tertiary/aromatic N) is 2. The van der Waals surface area contributed by atoms with Gasteiger partial charge in [0.2, 0.25) is 5.78 Å². The van der Waals surface area contributed by atoms with Gasteiger partial charge in [-0.3, -0.25) is 9.78 Å². The summed E-state index contributed by atoms with van der Waals surface area (Å²) in [5.41, 5.74) is 7.20. The SMILES string of the molecule is Nc1ccnc(C(=O)c2noc3ccccc23)c1. The zero-order valence-electron chi connectivity index (χ0n) is 9.33. The van der Waals surface area contributed by atoms with Crippen molar-refractivity contribution in [2.75, 3.05) is 5.73 Å². The fourth-order valence-corrected chi connectivity index (χ4v) is 1.74. The van der Waals surface area contributed by atoms with Gasteiger partial charge in [-0.05, 0) is 24.3 Å². The number of nitrogens with two attached hydrogens (primary N) is 1. The first kappa shape index (κ1) is 10.5. The van der Waals surface area contributed by atoms with Crippen molar-refractivity contribution in [1.82, 2.24) is 10.1 Å². The Morgan fingerprint density at radius 3 is 2.89 bits per heavy atom. The van der Waals surface area contributed by atoms with Crippen LogP contribution in [0.3, 0.4) is 0 Å². The summed E-state index contributed by atoms with van der Waals surface area (Å²) < 4.78 is 5.09. The van der Waals surface area contributed by atoms with Gasteiger partial charge >= 0.3 is 0 Å². The number of hydrogen-bond acceptors (Lipinski definition) is 5. The molecule has 0 amide bonds. The van der Waals surface area contributed by atoms with Crippen molar-refractivity contribution < 1.29 is 9.32 Å². The molecule has 18 heavy (non-hydrogen) atoms. The molecule has 0 saturated carbocycles. The van der Waals surface area contributed by atoms with Crippen LogP contribution in [0.5, 0.6) is 0 Å². The third-order valence-electron chi connectivity index (χ3n) is 2.61. The van der Waals surface area contributed by atoms with Crippen molar-refractivity contribution in [3.05, 3.63) is 54.0 Å². The highest BCUT2D eigenvalue weighted by molar-refractivity contribution is 6.13. The van der Waals surface area contributed by atoms with Gasteiger partial charge < -0.3 is 10.3 Å². The largest absolute Gasteiger partial charge is 0.399 e. The molecule has 3 rings (SSSR count). The molecule has 2 N–H and O–H groups in total. The molecule has 0 aliphatic carbocycles. The van der Waals surface area contributed by atoms with E-state index >= 15 is 0 Å². The number of carbonyl (C=O) groups is 1. The molecule has 5 nitrogen and oxygen atoms in total. The summed E-state index contributed by atoms with van der Waals surface area (Å²) in [7, 11) is 0. The second-order valence-electron chi connectivity index (χ2n) is 3.83. The second-order valence-corrected chi connectivity index (χ2v) is 3.83. The minimum absolute atomic E-state index is 0.253. The number of fused-ring (bicyclic) bond motifs is 1. The Hall–Kier alpha value is -2.69. The summed E-state index contributed by atoms with van der Waals surface area (Å²) >= 11 is 0. The zero-order chi connectivity index (χ0) is 12.5. The number of rotatable bonds is 2. The van der Waals surface area contributed by atoms with E-state index in [1.54, 1.807) is 18.2 Å². The van der Waals surface area contributed by atoms with Crippen LogP contribution in [0.1, 0.15) is 16.2 Å². The Balaban J connectivity index is 2.12. The molecule has 0 atom stereocenters. The van der Waals surface area contributed by atoms with Gasteiger partial charge in [-0.25, -0.2) is 0 Å². The third kappa shape index (κ3) is 1.62. The van der Waals surface area contributed by atoms with E-state index in [-0.39, 0.29) is 17.2 Å². The van der Waals surface area contributed by atoms with Gasteiger partial charge in [0.1, 0.15) is 5.69 Å². The first-order valence-electron chi connectivity index (χ1n) is 5.36. The highest BCUT2D eigenvalue weighted by Gasteiger charge is 2.18. The minimum atomic E-state index is -0.299. The monoisotopic (exact) mass is 239 g/mol. The summed E-state index contributed by atoms with van der Waals surface area (Å²) in [6, 6.07) is 10.3. The standard InChI is InChI=1S/C13H9N3O2/c14-8-5-6-15-10(7-8)13(17)12-9-3-1-2-4-11(9)18-16-12/h1-7H,(H2,14,15). The van der Waals surface area contributed by atoms with E-state index in [0.717, 1.165) is 0 Å². The molecule has 2 aromatic heterocycles. The van der Waals surface area contributed by atoms with Gasteiger partial charge in [0.25, 0.3) is 0 Å². The Morgan fingerprint density at radius 2 is 2.06 bits per heavy atom. The quantitative estimate of drug-likeness (QED) is 0.692. The highest BCUT2D eigenvalue weighted by atomic mass is 16.5. The summed E-state index contributed by atoms with van der Waals surface area (Å²) in [6.07, 6.45) is 1.49. The molecule has 5 heteroatoms. The molecule has 0 unspecified atom stereocenters. The number of para-hydroxylation sites is 1.